The Bertz CT molecular complexity index is 1370. The standard InChI is InChI=1S/C27H32N4O6S/c1-18-15-31(19(2)17-32)27(33)24-13-21(20-9-11-28-12-10-20)14-29-26(24)37-25(18)16-30(3)38(34,35)23-7-5-22(36-4)6-8-23/h5-14,18-19,25,32H,15-17H2,1-4H3/t18-,19-,25-/m1/s1. The highest BCUT2D eigenvalue weighted by Crippen LogP contribution is 2.31. The zero-order chi connectivity index (χ0) is 27.4. The first-order valence-corrected chi connectivity index (χ1v) is 13.7. The summed E-state index contributed by atoms with van der Waals surface area (Å²) in [5, 5.41) is 9.87. The van der Waals surface area contributed by atoms with Crippen LogP contribution in [0.1, 0.15) is 24.2 Å². The van der Waals surface area contributed by atoms with Gasteiger partial charge in [-0.15, -0.1) is 0 Å². The van der Waals surface area contributed by atoms with Crippen LogP contribution in [0.2, 0.25) is 0 Å². The molecule has 0 saturated carbocycles. The Morgan fingerprint density at radius 2 is 1.87 bits per heavy atom. The van der Waals surface area contributed by atoms with Crippen LogP contribution in [0.25, 0.3) is 11.1 Å². The van der Waals surface area contributed by atoms with Gasteiger partial charge in [0.2, 0.25) is 15.9 Å². The fraction of sp³-hybridized carbons (Fsp3) is 0.370. The average molecular weight is 541 g/mol. The minimum atomic E-state index is -3.82. The molecule has 3 aromatic rings. The number of hydrogen-bond acceptors (Lipinski definition) is 8. The minimum absolute atomic E-state index is 0.0261. The van der Waals surface area contributed by atoms with Gasteiger partial charge in [-0.2, -0.15) is 4.31 Å². The summed E-state index contributed by atoms with van der Waals surface area (Å²) in [7, 11) is -0.813. The third kappa shape index (κ3) is 5.64. The average Bonchev–Trinajstić information content (AvgIpc) is 2.94. The highest BCUT2D eigenvalue weighted by Gasteiger charge is 2.36. The lowest BCUT2D eigenvalue weighted by Crippen LogP contribution is -2.50. The van der Waals surface area contributed by atoms with Gasteiger partial charge in [0.05, 0.1) is 31.2 Å². The molecule has 0 aliphatic carbocycles. The molecule has 1 amide bonds. The van der Waals surface area contributed by atoms with Crippen molar-refractivity contribution in [2.45, 2.75) is 30.9 Å². The van der Waals surface area contributed by atoms with Gasteiger partial charge in [-0.25, -0.2) is 13.4 Å². The number of nitrogens with zero attached hydrogens (tertiary/aromatic N) is 4. The maximum absolute atomic E-state index is 13.6. The number of fused-ring (bicyclic) bond motifs is 1. The molecule has 1 aliphatic heterocycles. The molecular formula is C27H32N4O6S. The Morgan fingerprint density at radius 3 is 2.50 bits per heavy atom. The molecule has 202 valence electrons. The zero-order valence-electron chi connectivity index (χ0n) is 21.8. The van der Waals surface area contributed by atoms with E-state index >= 15 is 0 Å². The summed E-state index contributed by atoms with van der Waals surface area (Å²) >= 11 is 0. The molecule has 1 aliphatic rings. The van der Waals surface area contributed by atoms with Crippen molar-refractivity contribution in [2.24, 2.45) is 5.92 Å². The number of rotatable bonds is 8. The predicted molar refractivity (Wildman–Crippen MR) is 141 cm³/mol. The summed E-state index contributed by atoms with van der Waals surface area (Å²) in [5.41, 5.74) is 1.79. The molecule has 2 aromatic heterocycles. The van der Waals surface area contributed by atoms with E-state index in [9.17, 15) is 18.3 Å². The lowest BCUT2D eigenvalue weighted by atomic mass is 9.99. The number of aromatic nitrogens is 2. The lowest BCUT2D eigenvalue weighted by molar-refractivity contribution is 0.0373. The van der Waals surface area contributed by atoms with Gasteiger partial charge < -0.3 is 19.5 Å². The molecule has 4 rings (SSSR count). The summed E-state index contributed by atoms with van der Waals surface area (Å²) in [6.07, 6.45) is 4.30. The van der Waals surface area contributed by atoms with E-state index in [-0.39, 0.29) is 47.9 Å². The topological polar surface area (TPSA) is 122 Å². The summed E-state index contributed by atoms with van der Waals surface area (Å²) in [6.45, 7) is 3.72. The number of hydrogen-bond donors (Lipinski definition) is 1. The number of aliphatic hydroxyl groups excluding tert-OH is 1. The third-order valence-corrected chi connectivity index (χ3v) is 8.58. The van der Waals surface area contributed by atoms with Gasteiger partial charge in [-0.05, 0) is 55.0 Å². The van der Waals surface area contributed by atoms with Crippen molar-refractivity contribution in [1.29, 1.82) is 0 Å². The largest absolute Gasteiger partial charge is 0.497 e. The van der Waals surface area contributed by atoms with Gasteiger partial charge in [0.15, 0.2) is 0 Å². The number of likely N-dealkylation sites (N-methyl/N-ethyl adjacent to an activating group) is 1. The van der Waals surface area contributed by atoms with Crippen molar-refractivity contribution in [2.75, 3.05) is 33.9 Å². The van der Waals surface area contributed by atoms with Crippen LogP contribution in [0.4, 0.5) is 0 Å². The van der Waals surface area contributed by atoms with Crippen LogP contribution in [-0.4, -0.2) is 84.6 Å². The normalized spacial score (nSPS) is 18.8. The number of sulfonamides is 1. The van der Waals surface area contributed by atoms with E-state index < -0.39 is 22.2 Å². The van der Waals surface area contributed by atoms with Crippen LogP contribution in [0.15, 0.2) is 66.0 Å². The molecule has 1 aromatic carbocycles. The summed E-state index contributed by atoms with van der Waals surface area (Å²) in [4.78, 5) is 23.8. The van der Waals surface area contributed by atoms with Crippen LogP contribution in [0.5, 0.6) is 11.6 Å². The van der Waals surface area contributed by atoms with E-state index in [2.05, 4.69) is 9.97 Å². The molecule has 11 heteroatoms. The van der Waals surface area contributed by atoms with Gasteiger partial charge in [-0.3, -0.25) is 9.78 Å². The number of aliphatic hydroxyl groups is 1. The number of benzene rings is 1. The summed E-state index contributed by atoms with van der Waals surface area (Å²) in [6, 6.07) is 11.1. The molecule has 3 atom stereocenters. The first kappa shape index (κ1) is 27.5. The number of ether oxygens (including phenoxy) is 2. The van der Waals surface area contributed by atoms with Gasteiger partial charge in [0, 0.05) is 43.7 Å². The Morgan fingerprint density at radius 1 is 1.18 bits per heavy atom. The zero-order valence-corrected chi connectivity index (χ0v) is 22.6. The maximum atomic E-state index is 13.6. The second-order valence-corrected chi connectivity index (χ2v) is 11.4. The molecule has 0 saturated heterocycles. The van der Waals surface area contributed by atoms with Crippen molar-refractivity contribution >= 4 is 15.9 Å². The van der Waals surface area contributed by atoms with Crippen molar-refractivity contribution in [3.05, 3.63) is 66.6 Å². The van der Waals surface area contributed by atoms with Gasteiger partial charge in [-0.1, -0.05) is 6.92 Å². The Kier molecular flexibility index (Phi) is 8.29. The molecule has 3 heterocycles. The van der Waals surface area contributed by atoms with E-state index in [0.717, 1.165) is 5.56 Å². The van der Waals surface area contributed by atoms with E-state index in [1.807, 2.05) is 19.1 Å². The van der Waals surface area contributed by atoms with E-state index in [1.54, 1.807) is 48.6 Å². The molecule has 1 N–H and O–H groups in total. The minimum Gasteiger partial charge on any atom is -0.497 e. The van der Waals surface area contributed by atoms with E-state index in [4.69, 9.17) is 9.47 Å². The van der Waals surface area contributed by atoms with Crippen LogP contribution in [-0.2, 0) is 10.0 Å². The molecule has 0 spiro atoms. The Balaban J connectivity index is 1.68. The Hall–Kier alpha value is -3.54. The molecule has 0 radical (unpaired) electrons. The first-order valence-electron chi connectivity index (χ1n) is 12.2. The fourth-order valence-corrected chi connectivity index (χ4v) is 5.48. The predicted octanol–water partition coefficient (Wildman–Crippen LogP) is 2.69. The van der Waals surface area contributed by atoms with Crippen LogP contribution in [0, 0.1) is 5.92 Å². The molecule has 0 unspecified atom stereocenters. The van der Waals surface area contributed by atoms with Gasteiger partial charge in [0.1, 0.15) is 17.4 Å². The van der Waals surface area contributed by atoms with Crippen molar-refractivity contribution in [3.63, 3.8) is 0 Å². The SMILES string of the molecule is COc1ccc(S(=O)(=O)N(C)C[C@H]2Oc3ncc(-c4ccncc4)cc3C(=O)N([C@H](C)CO)C[C@H]2C)cc1. The lowest BCUT2D eigenvalue weighted by Gasteiger charge is -2.37. The first-order chi connectivity index (χ1) is 18.1. The van der Waals surface area contributed by atoms with Crippen LogP contribution in [0.3, 0.4) is 0 Å². The van der Waals surface area contributed by atoms with Gasteiger partial charge >= 0.3 is 0 Å². The molecule has 38 heavy (non-hydrogen) atoms. The van der Waals surface area contributed by atoms with Gasteiger partial charge in [0.25, 0.3) is 5.91 Å². The van der Waals surface area contributed by atoms with Crippen molar-refractivity contribution in [1.82, 2.24) is 19.2 Å². The highest BCUT2D eigenvalue weighted by atomic mass is 32.2. The number of pyridine rings is 2. The molecule has 0 fully saturated rings. The highest BCUT2D eigenvalue weighted by molar-refractivity contribution is 7.89. The number of carbonyl (C=O) groups is 1. The Labute approximate surface area is 222 Å². The van der Waals surface area contributed by atoms with E-state index in [0.29, 0.717) is 11.3 Å². The number of amides is 1. The van der Waals surface area contributed by atoms with Crippen molar-refractivity contribution < 1.29 is 27.8 Å². The monoisotopic (exact) mass is 540 g/mol. The van der Waals surface area contributed by atoms with E-state index in [1.165, 1.54) is 30.6 Å². The maximum Gasteiger partial charge on any atom is 0.259 e. The summed E-state index contributed by atoms with van der Waals surface area (Å²) < 4.78 is 39.2. The van der Waals surface area contributed by atoms with Crippen LogP contribution >= 0.6 is 0 Å². The fourth-order valence-electron chi connectivity index (χ4n) is 4.30. The number of methoxy groups -OCH3 is 1. The molecule has 0 bridgehead atoms. The smallest absolute Gasteiger partial charge is 0.259 e. The summed E-state index contributed by atoms with van der Waals surface area (Å²) in [5.74, 6) is 0.0978. The second-order valence-electron chi connectivity index (χ2n) is 9.40. The quantitative estimate of drug-likeness (QED) is 0.463. The molecule has 10 nitrogen and oxygen atoms in total. The second kappa shape index (κ2) is 11.5. The number of carbonyl (C=O) groups excluding carboxylic acids is 1. The van der Waals surface area contributed by atoms with Crippen molar-refractivity contribution in [3.8, 4) is 22.8 Å². The molecular weight excluding hydrogens is 508 g/mol. The third-order valence-electron chi connectivity index (χ3n) is 6.74. The van der Waals surface area contributed by atoms with Crippen LogP contribution < -0.4 is 9.47 Å².